The van der Waals surface area contributed by atoms with Crippen LogP contribution in [0.25, 0.3) is 32.7 Å². The molecule has 3 N–H and O–H groups in total. The molecule has 6 aromatic rings. The lowest BCUT2D eigenvalue weighted by Gasteiger charge is -2.34. The zero-order valence-corrected chi connectivity index (χ0v) is 20.4. The van der Waals surface area contributed by atoms with Gasteiger partial charge in [0.1, 0.15) is 17.2 Å². The van der Waals surface area contributed by atoms with Crippen LogP contribution in [0, 0.1) is 0 Å². The number of aromatic hydroxyl groups is 3. The third-order valence-electron chi connectivity index (χ3n) is 7.45. The lowest BCUT2D eigenvalue weighted by atomic mass is 9.68. The Morgan fingerprint density at radius 3 is 1.84 bits per heavy atom. The number of hydrogen-bond donors (Lipinski definition) is 3. The Kier molecular flexibility index (Phi) is 5.35. The predicted octanol–water partition coefficient (Wildman–Crippen LogP) is 8.13. The van der Waals surface area contributed by atoms with Crippen molar-refractivity contribution in [1.29, 1.82) is 0 Å². The van der Waals surface area contributed by atoms with E-state index < -0.39 is 5.41 Å². The molecule has 1 atom stereocenters. The first-order valence-electron chi connectivity index (χ1n) is 12.3. The summed E-state index contributed by atoms with van der Waals surface area (Å²) in [5.41, 5.74) is 4.28. The van der Waals surface area contributed by atoms with Crippen molar-refractivity contribution >= 4 is 21.5 Å². The molecule has 0 saturated heterocycles. The maximum absolute atomic E-state index is 11.4. The molecule has 6 aromatic carbocycles. The van der Waals surface area contributed by atoms with E-state index in [-0.39, 0.29) is 17.2 Å². The molecular weight excluding hydrogens is 456 g/mol. The van der Waals surface area contributed by atoms with E-state index in [0.29, 0.717) is 0 Å². The average Bonchev–Trinajstić information content (AvgIpc) is 2.93. The van der Waals surface area contributed by atoms with Crippen LogP contribution >= 0.6 is 0 Å². The van der Waals surface area contributed by atoms with Crippen LogP contribution in [0.5, 0.6) is 17.2 Å². The van der Waals surface area contributed by atoms with Gasteiger partial charge >= 0.3 is 0 Å². The second kappa shape index (κ2) is 8.72. The van der Waals surface area contributed by atoms with Crippen LogP contribution in [0.1, 0.15) is 23.6 Å². The molecular formula is C34H26O3. The first kappa shape index (κ1) is 22.7. The first-order chi connectivity index (χ1) is 17.9. The number of rotatable bonds is 4. The number of phenols is 3. The van der Waals surface area contributed by atoms with Gasteiger partial charge < -0.3 is 15.3 Å². The van der Waals surface area contributed by atoms with Gasteiger partial charge in [0.25, 0.3) is 0 Å². The zero-order valence-electron chi connectivity index (χ0n) is 20.4. The van der Waals surface area contributed by atoms with E-state index in [1.165, 1.54) is 0 Å². The molecule has 0 aliphatic carbocycles. The van der Waals surface area contributed by atoms with Crippen LogP contribution in [-0.4, -0.2) is 15.3 Å². The van der Waals surface area contributed by atoms with Crippen LogP contribution in [0.2, 0.25) is 0 Å². The van der Waals surface area contributed by atoms with E-state index in [0.717, 1.165) is 49.4 Å². The maximum Gasteiger partial charge on any atom is 0.120 e. The zero-order chi connectivity index (χ0) is 25.6. The normalized spacial score (nSPS) is 13.0. The number of benzene rings is 6. The lowest BCUT2D eigenvalue weighted by Crippen LogP contribution is -2.26. The minimum atomic E-state index is -0.758. The minimum absolute atomic E-state index is 0.179. The molecule has 0 aromatic heterocycles. The fourth-order valence-electron chi connectivity index (χ4n) is 5.60. The molecule has 0 saturated carbocycles. The van der Waals surface area contributed by atoms with Crippen LogP contribution in [-0.2, 0) is 5.41 Å². The number of fused-ring (bicyclic) bond motifs is 2. The van der Waals surface area contributed by atoms with E-state index >= 15 is 0 Å². The molecule has 3 nitrogen and oxygen atoms in total. The van der Waals surface area contributed by atoms with E-state index in [4.69, 9.17) is 0 Å². The highest BCUT2D eigenvalue weighted by molar-refractivity contribution is 5.94. The SMILES string of the molecule is CC(c1ccc(-c2ccccc2)cc1)(c1cccc2cc(O)ccc12)c1c(O)ccc2cc(O)ccc12. The molecule has 180 valence electrons. The van der Waals surface area contributed by atoms with Crippen molar-refractivity contribution in [3.8, 4) is 28.4 Å². The van der Waals surface area contributed by atoms with Crippen molar-refractivity contribution < 1.29 is 15.3 Å². The lowest BCUT2D eigenvalue weighted by molar-refractivity contribution is 0.459. The highest BCUT2D eigenvalue weighted by Gasteiger charge is 2.36. The van der Waals surface area contributed by atoms with Gasteiger partial charge in [-0.05, 0) is 81.1 Å². The second-order valence-electron chi connectivity index (χ2n) is 9.64. The molecule has 0 spiro atoms. The monoisotopic (exact) mass is 482 g/mol. The Balaban J connectivity index is 1.67. The topological polar surface area (TPSA) is 60.7 Å². The van der Waals surface area contributed by atoms with E-state index in [9.17, 15) is 15.3 Å². The van der Waals surface area contributed by atoms with Gasteiger partial charge in [-0.1, -0.05) is 91.0 Å². The number of phenolic OH excluding ortho intramolecular Hbond substituents is 3. The Hall–Kier alpha value is -4.76. The van der Waals surface area contributed by atoms with Gasteiger partial charge in [-0.2, -0.15) is 0 Å². The molecule has 3 heteroatoms. The van der Waals surface area contributed by atoms with E-state index in [1.54, 1.807) is 30.3 Å². The van der Waals surface area contributed by atoms with Crippen molar-refractivity contribution in [3.63, 3.8) is 0 Å². The van der Waals surface area contributed by atoms with Crippen LogP contribution in [0.3, 0.4) is 0 Å². The van der Waals surface area contributed by atoms with Gasteiger partial charge in [0.2, 0.25) is 0 Å². The molecule has 0 fully saturated rings. The molecule has 0 bridgehead atoms. The van der Waals surface area contributed by atoms with E-state index in [2.05, 4.69) is 49.4 Å². The minimum Gasteiger partial charge on any atom is -0.508 e. The summed E-state index contributed by atoms with van der Waals surface area (Å²) >= 11 is 0. The molecule has 6 rings (SSSR count). The molecule has 0 aliphatic heterocycles. The molecule has 37 heavy (non-hydrogen) atoms. The molecule has 0 radical (unpaired) electrons. The molecule has 1 unspecified atom stereocenters. The fourth-order valence-corrected chi connectivity index (χ4v) is 5.60. The summed E-state index contributed by atoms with van der Waals surface area (Å²) in [4.78, 5) is 0. The van der Waals surface area contributed by atoms with Crippen LogP contribution < -0.4 is 0 Å². The largest absolute Gasteiger partial charge is 0.508 e. The second-order valence-corrected chi connectivity index (χ2v) is 9.64. The molecule has 0 aliphatic rings. The summed E-state index contributed by atoms with van der Waals surface area (Å²) < 4.78 is 0. The summed E-state index contributed by atoms with van der Waals surface area (Å²) in [5.74, 6) is 0.573. The van der Waals surface area contributed by atoms with Crippen molar-refractivity contribution in [3.05, 3.63) is 138 Å². The third kappa shape index (κ3) is 3.76. The van der Waals surface area contributed by atoms with Crippen molar-refractivity contribution in [2.24, 2.45) is 0 Å². The Labute approximate surface area is 215 Å². The van der Waals surface area contributed by atoms with Crippen LogP contribution in [0.15, 0.2) is 121 Å². The predicted molar refractivity (Wildman–Crippen MR) is 150 cm³/mol. The van der Waals surface area contributed by atoms with Gasteiger partial charge in [-0.15, -0.1) is 0 Å². The smallest absolute Gasteiger partial charge is 0.120 e. The highest BCUT2D eigenvalue weighted by atomic mass is 16.3. The first-order valence-corrected chi connectivity index (χ1v) is 12.3. The highest BCUT2D eigenvalue weighted by Crippen LogP contribution is 2.48. The molecule has 0 heterocycles. The summed E-state index contributed by atoms with van der Waals surface area (Å²) in [6, 6.07) is 39.0. The summed E-state index contributed by atoms with van der Waals surface area (Å²) in [5, 5.41) is 35.3. The van der Waals surface area contributed by atoms with Crippen molar-refractivity contribution in [2.75, 3.05) is 0 Å². The Morgan fingerprint density at radius 1 is 0.514 bits per heavy atom. The van der Waals surface area contributed by atoms with Gasteiger partial charge in [0, 0.05) is 11.0 Å². The Bertz CT molecular complexity index is 1750. The quantitative estimate of drug-likeness (QED) is 0.222. The third-order valence-corrected chi connectivity index (χ3v) is 7.45. The standard InChI is InChI=1S/C34H26O3/c1-34(31-9-5-8-24-20-27(35)15-17-29(24)31,26-13-10-23(11-14-26)22-6-3-2-4-7-22)33-30-18-16-28(36)21-25(30)12-19-32(33)37/h2-21,35-37H,1H3. The average molecular weight is 483 g/mol. The van der Waals surface area contributed by atoms with Crippen molar-refractivity contribution in [1.82, 2.24) is 0 Å². The van der Waals surface area contributed by atoms with Gasteiger partial charge in [0.05, 0.1) is 0 Å². The van der Waals surface area contributed by atoms with E-state index in [1.807, 2.05) is 48.5 Å². The maximum atomic E-state index is 11.4. The Morgan fingerprint density at radius 2 is 1.14 bits per heavy atom. The van der Waals surface area contributed by atoms with Crippen LogP contribution in [0.4, 0.5) is 0 Å². The summed E-state index contributed by atoms with van der Waals surface area (Å²) in [7, 11) is 0. The number of hydrogen-bond acceptors (Lipinski definition) is 3. The van der Waals surface area contributed by atoms with Crippen molar-refractivity contribution in [2.45, 2.75) is 12.3 Å². The van der Waals surface area contributed by atoms with Gasteiger partial charge in [-0.25, -0.2) is 0 Å². The summed E-state index contributed by atoms with van der Waals surface area (Å²) in [6.45, 7) is 2.13. The fraction of sp³-hybridized carbons (Fsp3) is 0.0588. The van der Waals surface area contributed by atoms with Gasteiger partial charge in [0.15, 0.2) is 0 Å². The summed E-state index contributed by atoms with van der Waals surface area (Å²) in [6.07, 6.45) is 0. The van der Waals surface area contributed by atoms with Gasteiger partial charge in [-0.3, -0.25) is 0 Å². The molecule has 0 amide bonds.